The topological polar surface area (TPSA) is 72.9 Å². The Balaban J connectivity index is 2.02. The Bertz CT molecular complexity index is 466. The SMILES string of the molecule is CCc1nn(C)c(C(=O)NCC2CCCC2C)c1N. The van der Waals surface area contributed by atoms with Crippen molar-refractivity contribution >= 4 is 11.6 Å². The van der Waals surface area contributed by atoms with Crippen molar-refractivity contribution in [2.45, 2.75) is 39.5 Å². The van der Waals surface area contributed by atoms with Gasteiger partial charge in [0.15, 0.2) is 0 Å². The lowest BCUT2D eigenvalue weighted by atomic mass is 9.98. The first-order chi connectivity index (χ1) is 9.04. The van der Waals surface area contributed by atoms with Crippen molar-refractivity contribution in [3.8, 4) is 0 Å². The minimum absolute atomic E-state index is 0.105. The minimum atomic E-state index is -0.105. The summed E-state index contributed by atoms with van der Waals surface area (Å²) >= 11 is 0. The number of aromatic nitrogens is 2. The number of carbonyl (C=O) groups excluding carboxylic acids is 1. The Labute approximate surface area is 114 Å². The molecule has 106 valence electrons. The van der Waals surface area contributed by atoms with Gasteiger partial charge in [0.2, 0.25) is 0 Å². The zero-order valence-electron chi connectivity index (χ0n) is 12.1. The van der Waals surface area contributed by atoms with Crippen LogP contribution < -0.4 is 11.1 Å². The Morgan fingerprint density at radius 3 is 2.79 bits per heavy atom. The number of amides is 1. The van der Waals surface area contributed by atoms with Crippen LogP contribution in [-0.2, 0) is 13.5 Å². The molecule has 5 heteroatoms. The molecule has 1 aromatic heterocycles. The van der Waals surface area contributed by atoms with Crippen molar-refractivity contribution in [1.29, 1.82) is 0 Å². The normalized spacial score (nSPS) is 22.7. The van der Waals surface area contributed by atoms with E-state index in [0.29, 0.717) is 23.2 Å². The number of nitrogens with two attached hydrogens (primary N) is 1. The van der Waals surface area contributed by atoms with E-state index >= 15 is 0 Å². The quantitative estimate of drug-likeness (QED) is 0.870. The van der Waals surface area contributed by atoms with Gasteiger partial charge in [-0.05, 0) is 24.7 Å². The molecule has 2 unspecified atom stereocenters. The van der Waals surface area contributed by atoms with Crippen LogP contribution in [0.1, 0.15) is 49.3 Å². The molecule has 0 bridgehead atoms. The molecule has 3 N–H and O–H groups in total. The molecular formula is C14H24N4O. The van der Waals surface area contributed by atoms with Gasteiger partial charge in [-0.3, -0.25) is 9.48 Å². The number of rotatable bonds is 4. The summed E-state index contributed by atoms with van der Waals surface area (Å²) < 4.78 is 1.58. The second kappa shape index (κ2) is 5.63. The van der Waals surface area contributed by atoms with Gasteiger partial charge in [-0.2, -0.15) is 5.10 Å². The standard InChI is InChI=1S/C14H24N4O/c1-4-11-12(15)13(18(3)17-11)14(19)16-8-10-7-5-6-9(10)2/h9-10H,4-8,15H2,1-3H3,(H,16,19). The van der Waals surface area contributed by atoms with Gasteiger partial charge in [0.25, 0.3) is 5.91 Å². The molecule has 1 saturated carbocycles. The zero-order chi connectivity index (χ0) is 14.0. The minimum Gasteiger partial charge on any atom is -0.395 e. The van der Waals surface area contributed by atoms with E-state index in [9.17, 15) is 4.79 Å². The van der Waals surface area contributed by atoms with E-state index in [1.54, 1.807) is 11.7 Å². The third-order valence-electron chi connectivity index (χ3n) is 4.27. The van der Waals surface area contributed by atoms with Crippen molar-refractivity contribution in [2.75, 3.05) is 12.3 Å². The van der Waals surface area contributed by atoms with Gasteiger partial charge < -0.3 is 11.1 Å². The molecule has 0 spiro atoms. The van der Waals surface area contributed by atoms with Crippen LogP contribution in [0.15, 0.2) is 0 Å². The molecule has 1 aliphatic rings. The van der Waals surface area contributed by atoms with Gasteiger partial charge in [0.1, 0.15) is 5.69 Å². The Hall–Kier alpha value is -1.52. The fraction of sp³-hybridized carbons (Fsp3) is 0.714. The molecule has 5 nitrogen and oxygen atoms in total. The molecule has 0 radical (unpaired) electrons. The maximum atomic E-state index is 12.2. The molecule has 1 aromatic rings. The lowest BCUT2D eigenvalue weighted by molar-refractivity contribution is 0.0936. The monoisotopic (exact) mass is 264 g/mol. The summed E-state index contributed by atoms with van der Waals surface area (Å²) in [7, 11) is 1.77. The number of aryl methyl sites for hydroxylation is 2. The number of hydrogen-bond acceptors (Lipinski definition) is 3. The highest BCUT2D eigenvalue weighted by Crippen LogP contribution is 2.30. The van der Waals surface area contributed by atoms with Crippen molar-refractivity contribution < 1.29 is 4.79 Å². The highest BCUT2D eigenvalue weighted by Gasteiger charge is 2.25. The highest BCUT2D eigenvalue weighted by molar-refractivity contribution is 5.97. The third kappa shape index (κ3) is 2.74. The van der Waals surface area contributed by atoms with Crippen molar-refractivity contribution in [3.63, 3.8) is 0 Å². The van der Waals surface area contributed by atoms with Gasteiger partial charge in [-0.25, -0.2) is 0 Å². The summed E-state index contributed by atoms with van der Waals surface area (Å²) in [6, 6.07) is 0. The molecule has 1 heterocycles. The van der Waals surface area contributed by atoms with E-state index in [1.807, 2.05) is 6.92 Å². The average molecular weight is 264 g/mol. The van der Waals surface area contributed by atoms with E-state index in [2.05, 4.69) is 17.3 Å². The lowest BCUT2D eigenvalue weighted by Crippen LogP contribution is -2.32. The van der Waals surface area contributed by atoms with E-state index < -0.39 is 0 Å². The predicted octanol–water partition coefficient (Wildman–Crippen LogP) is 1.73. The molecule has 0 aromatic carbocycles. The smallest absolute Gasteiger partial charge is 0.271 e. The van der Waals surface area contributed by atoms with E-state index in [0.717, 1.165) is 18.7 Å². The van der Waals surface area contributed by atoms with Crippen molar-refractivity contribution in [1.82, 2.24) is 15.1 Å². The zero-order valence-corrected chi connectivity index (χ0v) is 12.1. The van der Waals surface area contributed by atoms with Crippen LogP contribution in [0.2, 0.25) is 0 Å². The predicted molar refractivity (Wildman–Crippen MR) is 75.8 cm³/mol. The van der Waals surface area contributed by atoms with Crippen LogP contribution in [-0.4, -0.2) is 22.2 Å². The first-order valence-electron chi connectivity index (χ1n) is 7.14. The molecule has 0 saturated heterocycles. The van der Waals surface area contributed by atoms with Crippen LogP contribution in [0.25, 0.3) is 0 Å². The van der Waals surface area contributed by atoms with Gasteiger partial charge in [0.05, 0.1) is 11.4 Å². The molecule has 2 rings (SSSR count). The van der Waals surface area contributed by atoms with Crippen LogP contribution in [0.4, 0.5) is 5.69 Å². The fourth-order valence-electron chi connectivity index (χ4n) is 2.96. The third-order valence-corrected chi connectivity index (χ3v) is 4.27. The molecule has 1 fully saturated rings. The second-order valence-electron chi connectivity index (χ2n) is 5.56. The Morgan fingerprint density at radius 2 is 2.26 bits per heavy atom. The summed E-state index contributed by atoms with van der Waals surface area (Å²) in [4.78, 5) is 12.2. The van der Waals surface area contributed by atoms with Crippen LogP contribution >= 0.6 is 0 Å². The molecular weight excluding hydrogens is 240 g/mol. The van der Waals surface area contributed by atoms with Gasteiger partial charge in [-0.15, -0.1) is 0 Å². The fourth-order valence-corrected chi connectivity index (χ4v) is 2.96. The maximum absolute atomic E-state index is 12.2. The van der Waals surface area contributed by atoms with Crippen LogP contribution in [0.3, 0.4) is 0 Å². The van der Waals surface area contributed by atoms with Gasteiger partial charge in [-0.1, -0.05) is 26.7 Å². The van der Waals surface area contributed by atoms with E-state index in [1.165, 1.54) is 19.3 Å². The summed E-state index contributed by atoms with van der Waals surface area (Å²) in [6.07, 6.45) is 4.50. The summed E-state index contributed by atoms with van der Waals surface area (Å²) in [5.74, 6) is 1.20. The summed E-state index contributed by atoms with van der Waals surface area (Å²) in [6.45, 7) is 4.99. The van der Waals surface area contributed by atoms with Gasteiger partial charge >= 0.3 is 0 Å². The molecule has 1 aliphatic carbocycles. The van der Waals surface area contributed by atoms with Crippen molar-refractivity contribution in [2.24, 2.45) is 18.9 Å². The van der Waals surface area contributed by atoms with Crippen molar-refractivity contribution in [3.05, 3.63) is 11.4 Å². The number of anilines is 1. The first kappa shape index (κ1) is 13.9. The first-order valence-corrected chi connectivity index (χ1v) is 7.14. The molecule has 2 atom stereocenters. The largest absolute Gasteiger partial charge is 0.395 e. The summed E-state index contributed by atoms with van der Waals surface area (Å²) in [5, 5.41) is 7.29. The van der Waals surface area contributed by atoms with Gasteiger partial charge in [0, 0.05) is 13.6 Å². The summed E-state index contributed by atoms with van der Waals surface area (Å²) in [5.41, 5.74) is 7.78. The Morgan fingerprint density at radius 1 is 1.53 bits per heavy atom. The number of nitrogens with one attached hydrogen (secondary N) is 1. The second-order valence-corrected chi connectivity index (χ2v) is 5.56. The van der Waals surface area contributed by atoms with E-state index in [-0.39, 0.29) is 5.91 Å². The maximum Gasteiger partial charge on any atom is 0.271 e. The average Bonchev–Trinajstić information content (AvgIpc) is 2.90. The molecule has 1 amide bonds. The van der Waals surface area contributed by atoms with E-state index in [4.69, 9.17) is 5.73 Å². The van der Waals surface area contributed by atoms with Crippen LogP contribution in [0.5, 0.6) is 0 Å². The number of carbonyl (C=O) groups is 1. The molecule has 0 aliphatic heterocycles. The number of nitrogen functional groups attached to an aromatic ring is 1. The molecule has 19 heavy (non-hydrogen) atoms. The number of hydrogen-bond donors (Lipinski definition) is 2. The lowest BCUT2D eigenvalue weighted by Gasteiger charge is -2.16. The number of nitrogens with zero attached hydrogens (tertiary/aromatic N) is 2. The Kier molecular flexibility index (Phi) is 4.12. The highest BCUT2D eigenvalue weighted by atomic mass is 16.2. The van der Waals surface area contributed by atoms with Crippen LogP contribution in [0, 0.1) is 11.8 Å².